The van der Waals surface area contributed by atoms with Gasteiger partial charge in [0.15, 0.2) is 0 Å². The smallest absolute Gasteiger partial charge is 0.119 e. The Hall–Kier alpha value is -1.48. The van der Waals surface area contributed by atoms with Crippen molar-refractivity contribution in [1.29, 1.82) is 0 Å². The predicted molar refractivity (Wildman–Crippen MR) is 68.5 cm³/mol. The maximum absolute atomic E-state index is 6.33. The second-order valence-corrected chi connectivity index (χ2v) is 4.24. The first-order valence-corrected chi connectivity index (χ1v) is 6.08. The fourth-order valence-electron chi connectivity index (χ4n) is 1.64. The molecule has 3 nitrogen and oxygen atoms in total. The molecular formula is C13H15ClN2O. The molecule has 0 fully saturated rings. The lowest BCUT2D eigenvalue weighted by molar-refractivity contribution is 0.340. The quantitative estimate of drug-likeness (QED) is 0.827. The second kappa shape index (κ2) is 5.73. The molecule has 0 bridgehead atoms. The van der Waals surface area contributed by atoms with E-state index in [9.17, 15) is 0 Å². The van der Waals surface area contributed by atoms with Crippen LogP contribution in [-0.4, -0.2) is 16.6 Å². The van der Waals surface area contributed by atoms with Crippen LogP contribution in [0, 0.1) is 0 Å². The first-order valence-electron chi connectivity index (χ1n) is 5.64. The third-order valence-corrected chi connectivity index (χ3v) is 2.89. The Morgan fingerprint density at radius 1 is 1.35 bits per heavy atom. The molecule has 1 N–H and O–H groups in total. The van der Waals surface area contributed by atoms with Crippen molar-refractivity contribution in [3.8, 4) is 5.75 Å². The van der Waals surface area contributed by atoms with Gasteiger partial charge in [-0.25, -0.2) is 4.98 Å². The van der Waals surface area contributed by atoms with Gasteiger partial charge in [-0.2, -0.15) is 0 Å². The summed E-state index contributed by atoms with van der Waals surface area (Å²) in [5.41, 5.74) is 1.08. The minimum absolute atomic E-state index is 0.0724. The van der Waals surface area contributed by atoms with Gasteiger partial charge >= 0.3 is 0 Å². The molecule has 1 unspecified atom stereocenters. The summed E-state index contributed by atoms with van der Waals surface area (Å²) in [6.07, 6.45) is 4.23. The molecule has 0 aliphatic heterocycles. The van der Waals surface area contributed by atoms with Crippen molar-refractivity contribution in [2.24, 2.45) is 0 Å². The molecule has 1 aromatic carbocycles. The molecular weight excluding hydrogens is 236 g/mol. The van der Waals surface area contributed by atoms with Gasteiger partial charge < -0.3 is 9.72 Å². The number of aromatic nitrogens is 2. The Labute approximate surface area is 106 Å². The predicted octanol–water partition coefficient (Wildman–Crippen LogP) is 3.33. The second-order valence-electron chi connectivity index (χ2n) is 3.71. The number of nitrogens with zero attached hydrogens (tertiary/aromatic N) is 1. The Morgan fingerprint density at radius 2 is 2.12 bits per heavy atom. The van der Waals surface area contributed by atoms with Crippen LogP contribution in [-0.2, 0) is 6.42 Å². The maximum Gasteiger partial charge on any atom is 0.119 e. The zero-order valence-corrected chi connectivity index (χ0v) is 10.4. The topological polar surface area (TPSA) is 37.9 Å². The minimum atomic E-state index is -0.0724. The van der Waals surface area contributed by atoms with Gasteiger partial charge in [0.2, 0.25) is 0 Å². The van der Waals surface area contributed by atoms with E-state index in [2.05, 4.69) is 9.97 Å². The van der Waals surface area contributed by atoms with Crippen molar-refractivity contribution >= 4 is 11.6 Å². The number of benzene rings is 1. The highest BCUT2D eigenvalue weighted by Gasteiger charge is 2.10. The summed E-state index contributed by atoms with van der Waals surface area (Å²) in [4.78, 5) is 7.21. The molecule has 0 aliphatic rings. The molecule has 0 radical (unpaired) electrons. The molecule has 1 heterocycles. The maximum atomic E-state index is 6.33. The molecule has 1 atom stereocenters. The van der Waals surface area contributed by atoms with Crippen LogP contribution in [0.15, 0.2) is 36.7 Å². The number of hydrogen-bond donors (Lipinski definition) is 1. The van der Waals surface area contributed by atoms with Crippen LogP contribution in [0.2, 0.25) is 0 Å². The molecule has 0 amide bonds. The number of aromatic amines is 1. The van der Waals surface area contributed by atoms with E-state index in [1.54, 1.807) is 12.4 Å². The normalized spacial score (nSPS) is 12.4. The van der Waals surface area contributed by atoms with Gasteiger partial charge in [0.25, 0.3) is 0 Å². The van der Waals surface area contributed by atoms with Crippen LogP contribution in [0.1, 0.15) is 23.7 Å². The number of alkyl halides is 1. The van der Waals surface area contributed by atoms with E-state index >= 15 is 0 Å². The average molecular weight is 251 g/mol. The van der Waals surface area contributed by atoms with E-state index in [1.807, 2.05) is 31.2 Å². The first kappa shape index (κ1) is 12.0. The Morgan fingerprint density at radius 3 is 2.71 bits per heavy atom. The van der Waals surface area contributed by atoms with Crippen molar-refractivity contribution in [3.63, 3.8) is 0 Å². The Balaban J connectivity index is 2.01. The standard InChI is InChI=1S/C13H15ClN2O/c1-2-17-11-5-3-10(4-6-11)12(14)9-13-15-7-8-16-13/h3-8,12H,2,9H2,1H3,(H,15,16). The van der Waals surface area contributed by atoms with Gasteiger partial charge in [0, 0.05) is 18.8 Å². The van der Waals surface area contributed by atoms with Gasteiger partial charge in [-0.05, 0) is 24.6 Å². The van der Waals surface area contributed by atoms with Gasteiger partial charge in [0.1, 0.15) is 11.6 Å². The Bertz CT molecular complexity index is 439. The van der Waals surface area contributed by atoms with Gasteiger partial charge in [-0.15, -0.1) is 11.6 Å². The highest BCUT2D eigenvalue weighted by atomic mass is 35.5. The monoisotopic (exact) mass is 250 g/mol. The fourth-order valence-corrected chi connectivity index (χ4v) is 1.93. The zero-order chi connectivity index (χ0) is 12.1. The lowest BCUT2D eigenvalue weighted by Crippen LogP contribution is -1.98. The molecule has 90 valence electrons. The summed E-state index contributed by atoms with van der Waals surface area (Å²) in [6, 6.07) is 7.86. The number of ether oxygens (including phenoxy) is 1. The third-order valence-electron chi connectivity index (χ3n) is 2.48. The number of nitrogens with one attached hydrogen (secondary N) is 1. The highest BCUT2D eigenvalue weighted by molar-refractivity contribution is 6.20. The average Bonchev–Trinajstić information content (AvgIpc) is 2.83. The van der Waals surface area contributed by atoms with Crippen molar-refractivity contribution in [3.05, 3.63) is 48.0 Å². The van der Waals surface area contributed by atoms with Gasteiger partial charge in [-0.1, -0.05) is 12.1 Å². The van der Waals surface area contributed by atoms with E-state index in [1.165, 1.54) is 0 Å². The molecule has 0 aliphatic carbocycles. The number of H-pyrrole nitrogens is 1. The number of halogens is 1. The lowest BCUT2D eigenvalue weighted by atomic mass is 10.1. The van der Waals surface area contributed by atoms with E-state index in [-0.39, 0.29) is 5.38 Å². The van der Waals surface area contributed by atoms with Crippen molar-refractivity contribution in [2.45, 2.75) is 18.7 Å². The lowest BCUT2D eigenvalue weighted by Gasteiger charge is -2.09. The van der Waals surface area contributed by atoms with Crippen LogP contribution in [0.4, 0.5) is 0 Å². The minimum Gasteiger partial charge on any atom is -0.494 e. The summed E-state index contributed by atoms with van der Waals surface area (Å²) >= 11 is 6.33. The van der Waals surface area contributed by atoms with E-state index in [0.717, 1.165) is 17.1 Å². The van der Waals surface area contributed by atoms with Crippen molar-refractivity contribution < 1.29 is 4.74 Å². The summed E-state index contributed by atoms with van der Waals surface area (Å²) in [5, 5.41) is -0.0724. The largest absolute Gasteiger partial charge is 0.494 e. The molecule has 2 rings (SSSR count). The summed E-state index contributed by atoms with van der Waals surface area (Å²) in [5.74, 6) is 1.78. The molecule has 17 heavy (non-hydrogen) atoms. The van der Waals surface area contributed by atoms with Crippen LogP contribution in [0.3, 0.4) is 0 Å². The molecule has 2 aromatic rings. The van der Waals surface area contributed by atoms with Crippen molar-refractivity contribution in [1.82, 2.24) is 9.97 Å². The van der Waals surface area contributed by atoms with Crippen LogP contribution >= 0.6 is 11.6 Å². The Kier molecular flexibility index (Phi) is 4.04. The molecule has 1 aromatic heterocycles. The van der Waals surface area contributed by atoms with Gasteiger partial charge in [-0.3, -0.25) is 0 Å². The number of imidazole rings is 1. The van der Waals surface area contributed by atoms with Crippen LogP contribution in [0.5, 0.6) is 5.75 Å². The SMILES string of the molecule is CCOc1ccc(C(Cl)Cc2ncc[nH]2)cc1. The number of rotatable bonds is 5. The summed E-state index contributed by atoms with van der Waals surface area (Å²) in [7, 11) is 0. The number of hydrogen-bond acceptors (Lipinski definition) is 2. The van der Waals surface area contributed by atoms with E-state index < -0.39 is 0 Å². The first-order chi connectivity index (χ1) is 8.29. The zero-order valence-electron chi connectivity index (χ0n) is 9.69. The molecule has 0 saturated carbocycles. The van der Waals surface area contributed by atoms with Crippen LogP contribution in [0.25, 0.3) is 0 Å². The molecule has 4 heteroatoms. The van der Waals surface area contributed by atoms with Gasteiger partial charge in [0.05, 0.1) is 12.0 Å². The molecule has 0 spiro atoms. The van der Waals surface area contributed by atoms with Crippen LogP contribution < -0.4 is 4.74 Å². The van der Waals surface area contributed by atoms with Crippen molar-refractivity contribution in [2.75, 3.05) is 6.61 Å². The molecule has 0 saturated heterocycles. The summed E-state index contributed by atoms with van der Waals surface area (Å²) in [6.45, 7) is 2.64. The third kappa shape index (κ3) is 3.24. The highest BCUT2D eigenvalue weighted by Crippen LogP contribution is 2.25. The fraction of sp³-hybridized carbons (Fsp3) is 0.308. The van der Waals surface area contributed by atoms with E-state index in [0.29, 0.717) is 13.0 Å². The summed E-state index contributed by atoms with van der Waals surface area (Å²) < 4.78 is 5.38. The van der Waals surface area contributed by atoms with E-state index in [4.69, 9.17) is 16.3 Å².